The van der Waals surface area contributed by atoms with Crippen molar-refractivity contribution in [2.45, 2.75) is 19.9 Å². The van der Waals surface area contributed by atoms with Crippen LogP contribution in [0.25, 0.3) is 11.3 Å². The molecule has 3 rings (SSSR count). The van der Waals surface area contributed by atoms with Crippen molar-refractivity contribution in [2.24, 2.45) is 0 Å². The first-order chi connectivity index (χ1) is 12.4. The van der Waals surface area contributed by atoms with Gasteiger partial charge < -0.3 is 10.6 Å². The van der Waals surface area contributed by atoms with Gasteiger partial charge in [-0.15, -0.1) is 11.3 Å². The Bertz CT molecular complexity index is 925. The summed E-state index contributed by atoms with van der Waals surface area (Å²) >= 11 is 1.59. The molecule has 0 aliphatic carbocycles. The lowest BCUT2D eigenvalue weighted by atomic mass is 10.1. The minimum atomic E-state index is -0.812. The normalized spacial score (nSPS) is 11.8. The van der Waals surface area contributed by atoms with E-state index in [2.05, 4.69) is 15.6 Å². The number of benzene rings is 2. The predicted molar refractivity (Wildman–Crippen MR) is 100 cm³/mol. The van der Waals surface area contributed by atoms with Gasteiger partial charge in [0.2, 0.25) is 5.91 Å². The molecule has 0 saturated heterocycles. The number of anilines is 2. The molecule has 3 aromatic rings. The van der Waals surface area contributed by atoms with Crippen LogP contribution >= 0.6 is 11.3 Å². The second-order valence-corrected chi connectivity index (χ2v) is 6.87. The van der Waals surface area contributed by atoms with Gasteiger partial charge in [0.15, 0.2) is 0 Å². The zero-order valence-electron chi connectivity index (χ0n) is 14.2. The number of aromatic nitrogens is 1. The molecular formula is C19H17F2N3OS. The molecule has 0 saturated carbocycles. The molecule has 134 valence electrons. The SMILES string of the molecule is Cc1nc(-c2ccc(N[C@H](C)C(=O)Nc3ccc(F)cc3F)cc2)cs1. The lowest BCUT2D eigenvalue weighted by Gasteiger charge is -2.16. The fourth-order valence-corrected chi connectivity index (χ4v) is 3.00. The molecule has 1 amide bonds. The molecule has 0 fully saturated rings. The van der Waals surface area contributed by atoms with E-state index in [1.54, 1.807) is 18.3 Å². The molecule has 0 unspecified atom stereocenters. The molecule has 0 bridgehead atoms. The fraction of sp³-hybridized carbons (Fsp3) is 0.158. The molecule has 4 nitrogen and oxygen atoms in total. The molecule has 0 radical (unpaired) electrons. The van der Waals surface area contributed by atoms with Crippen molar-refractivity contribution < 1.29 is 13.6 Å². The van der Waals surface area contributed by atoms with Crippen LogP contribution in [-0.2, 0) is 4.79 Å². The van der Waals surface area contributed by atoms with Crippen molar-refractivity contribution in [3.8, 4) is 11.3 Å². The Labute approximate surface area is 153 Å². The number of amides is 1. The highest BCUT2D eigenvalue weighted by Crippen LogP contribution is 2.23. The van der Waals surface area contributed by atoms with Crippen molar-refractivity contribution in [1.29, 1.82) is 0 Å². The highest BCUT2D eigenvalue weighted by atomic mass is 32.1. The van der Waals surface area contributed by atoms with Gasteiger partial charge in [0.1, 0.15) is 17.7 Å². The lowest BCUT2D eigenvalue weighted by molar-refractivity contribution is -0.116. The molecule has 7 heteroatoms. The molecule has 1 heterocycles. The number of halogens is 2. The molecule has 1 atom stereocenters. The summed E-state index contributed by atoms with van der Waals surface area (Å²) in [4.78, 5) is 16.6. The molecule has 0 spiro atoms. The Morgan fingerprint density at radius 3 is 2.50 bits per heavy atom. The molecule has 2 aromatic carbocycles. The van der Waals surface area contributed by atoms with E-state index in [1.807, 2.05) is 36.6 Å². The third-order valence-corrected chi connectivity index (χ3v) is 4.54. The Balaban J connectivity index is 1.63. The van der Waals surface area contributed by atoms with E-state index in [0.717, 1.165) is 34.1 Å². The maximum atomic E-state index is 13.6. The summed E-state index contributed by atoms with van der Waals surface area (Å²) in [5.41, 5.74) is 2.60. The number of thiazole rings is 1. The number of hydrogen-bond acceptors (Lipinski definition) is 4. The highest BCUT2D eigenvalue weighted by molar-refractivity contribution is 7.09. The molecule has 1 aromatic heterocycles. The number of nitrogens with one attached hydrogen (secondary N) is 2. The summed E-state index contributed by atoms with van der Waals surface area (Å²) in [6.07, 6.45) is 0. The molecule has 2 N–H and O–H groups in total. The standard InChI is InChI=1S/C19H17F2N3OS/c1-11(19(25)24-17-8-5-14(20)9-16(17)21)22-15-6-3-13(4-7-15)18-10-26-12(2)23-18/h3-11,22H,1-2H3,(H,24,25)/t11-/m1/s1. The maximum absolute atomic E-state index is 13.6. The van der Waals surface area contributed by atoms with E-state index in [-0.39, 0.29) is 5.69 Å². The summed E-state index contributed by atoms with van der Waals surface area (Å²) in [6, 6.07) is 9.95. The van der Waals surface area contributed by atoms with Crippen LogP contribution < -0.4 is 10.6 Å². The number of carbonyl (C=O) groups excluding carboxylic acids is 1. The highest BCUT2D eigenvalue weighted by Gasteiger charge is 2.15. The second-order valence-electron chi connectivity index (χ2n) is 5.81. The van der Waals surface area contributed by atoms with Gasteiger partial charge in [-0.05, 0) is 38.1 Å². The summed E-state index contributed by atoms with van der Waals surface area (Å²) in [5, 5.41) is 8.49. The molecule has 0 aliphatic heterocycles. The zero-order valence-corrected chi connectivity index (χ0v) is 15.0. The first kappa shape index (κ1) is 18.0. The fourth-order valence-electron chi connectivity index (χ4n) is 2.38. The van der Waals surface area contributed by atoms with Gasteiger partial charge in [0.25, 0.3) is 0 Å². The lowest BCUT2D eigenvalue weighted by Crippen LogP contribution is -2.32. The van der Waals surface area contributed by atoms with Gasteiger partial charge in [-0.2, -0.15) is 0 Å². The van der Waals surface area contributed by atoms with E-state index in [9.17, 15) is 13.6 Å². The monoisotopic (exact) mass is 373 g/mol. The van der Waals surface area contributed by atoms with E-state index >= 15 is 0 Å². The maximum Gasteiger partial charge on any atom is 0.246 e. The minimum absolute atomic E-state index is 0.0562. The van der Waals surface area contributed by atoms with Crippen LogP contribution in [0.1, 0.15) is 11.9 Å². The zero-order chi connectivity index (χ0) is 18.7. The van der Waals surface area contributed by atoms with Crippen molar-refractivity contribution in [3.05, 3.63) is 64.5 Å². The summed E-state index contributed by atoms with van der Waals surface area (Å²) < 4.78 is 26.5. The quantitative estimate of drug-likeness (QED) is 0.673. The Morgan fingerprint density at radius 2 is 1.88 bits per heavy atom. The van der Waals surface area contributed by atoms with Gasteiger partial charge >= 0.3 is 0 Å². The number of carbonyl (C=O) groups is 1. The van der Waals surface area contributed by atoms with Crippen molar-refractivity contribution in [3.63, 3.8) is 0 Å². The van der Waals surface area contributed by atoms with Crippen LogP contribution in [0.3, 0.4) is 0 Å². The third kappa shape index (κ3) is 4.23. The van der Waals surface area contributed by atoms with Crippen molar-refractivity contribution in [2.75, 3.05) is 10.6 Å². The summed E-state index contributed by atoms with van der Waals surface area (Å²) in [5.74, 6) is -1.93. The third-order valence-electron chi connectivity index (χ3n) is 3.77. The average molecular weight is 373 g/mol. The van der Waals surface area contributed by atoms with Gasteiger partial charge in [0.05, 0.1) is 16.4 Å². The molecule has 0 aliphatic rings. The Kier molecular flexibility index (Phi) is 5.27. The average Bonchev–Trinajstić information content (AvgIpc) is 3.04. The Hall–Kier alpha value is -2.80. The first-order valence-electron chi connectivity index (χ1n) is 7.97. The number of nitrogens with zero attached hydrogens (tertiary/aromatic N) is 1. The van der Waals surface area contributed by atoms with Crippen LogP contribution in [0.5, 0.6) is 0 Å². The first-order valence-corrected chi connectivity index (χ1v) is 8.85. The predicted octanol–water partition coefficient (Wildman–Crippen LogP) is 4.84. The van der Waals surface area contributed by atoms with Gasteiger partial charge in [0, 0.05) is 22.7 Å². The minimum Gasteiger partial charge on any atom is -0.374 e. The van der Waals surface area contributed by atoms with Crippen molar-refractivity contribution in [1.82, 2.24) is 4.98 Å². The number of hydrogen-bond donors (Lipinski definition) is 2. The Morgan fingerprint density at radius 1 is 1.15 bits per heavy atom. The van der Waals surface area contributed by atoms with Crippen LogP contribution in [0.2, 0.25) is 0 Å². The van der Waals surface area contributed by atoms with Gasteiger partial charge in [-0.1, -0.05) is 12.1 Å². The largest absolute Gasteiger partial charge is 0.374 e. The summed E-state index contributed by atoms with van der Waals surface area (Å²) in [7, 11) is 0. The van der Waals surface area contributed by atoms with Crippen LogP contribution in [0.15, 0.2) is 47.8 Å². The summed E-state index contributed by atoms with van der Waals surface area (Å²) in [6.45, 7) is 3.61. The van der Waals surface area contributed by atoms with Gasteiger partial charge in [-0.3, -0.25) is 4.79 Å². The topological polar surface area (TPSA) is 54.0 Å². The molecule has 26 heavy (non-hydrogen) atoms. The number of aryl methyl sites for hydroxylation is 1. The van der Waals surface area contributed by atoms with E-state index in [1.165, 1.54) is 6.07 Å². The van der Waals surface area contributed by atoms with Crippen LogP contribution in [0.4, 0.5) is 20.2 Å². The van der Waals surface area contributed by atoms with E-state index in [4.69, 9.17) is 0 Å². The number of rotatable bonds is 5. The smallest absolute Gasteiger partial charge is 0.246 e. The van der Waals surface area contributed by atoms with E-state index in [0.29, 0.717) is 0 Å². The van der Waals surface area contributed by atoms with Crippen molar-refractivity contribution >= 4 is 28.6 Å². The molecular weight excluding hydrogens is 356 g/mol. The van der Waals surface area contributed by atoms with Crippen LogP contribution in [-0.4, -0.2) is 16.9 Å². The van der Waals surface area contributed by atoms with E-state index < -0.39 is 23.6 Å². The second kappa shape index (κ2) is 7.61. The van der Waals surface area contributed by atoms with Crippen LogP contribution in [0, 0.1) is 18.6 Å². The van der Waals surface area contributed by atoms with Gasteiger partial charge in [-0.25, -0.2) is 13.8 Å².